The summed E-state index contributed by atoms with van der Waals surface area (Å²) >= 11 is 0. The van der Waals surface area contributed by atoms with Crippen molar-refractivity contribution in [2.45, 2.75) is 6.54 Å². The highest BCUT2D eigenvalue weighted by Gasteiger charge is 2.21. The van der Waals surface area contributed by atoms with Crippen LogP contribution in [-0.4, -0.2) is 14.7 Å². The monoisotopic (exact) mass is 297 g/mol. The molecule has 0 amide bonds. The van der Waals surface area contributed by atoms with E-state index in [1.807, 2.05) is 0 Å². The lowest BCUT2D eigenvalue weighted by Gasteiger charge is -2.23. The van der Waals surface area contributed by atoms with Gasteiger partial charge in [0.1, 0.15) is 11.6 Å². The SMILES string of the molecule is CS(=O)(=O)N(Cc1ccccc1F)c1ccccc1F. The van der Waals surface area contributed by atoms with E-state index in [1.54, 1.807) is 6.07 Å². The number of benzene rings is 2. The Morgan fingerprint density at radius 3 is 2.05 bits per heavy atom. The van der Waals surface area contributed by atoms with Crippen molar-refractivity contribution in [1.29, 1.82) is 0 Å². The normalized spacial score (nSPS) is 11.3. The molecule has 20 heavy (non-hydrogen) atoms. The van der Waals surface area contributed by atoms with E-state index in [9.17, 15) is 17.2 Å². The fraction of sp³-hybridized carbons (Fsp3) is 0.143. The Bertz CT molecular complexity index is 717. The Hall–Kier alpha value is -1.95. The zero-order chi connectivity index (χ0) is 14.8. The van der Waals surface area contributed by atoms with E-state index in [-0.39, 0.29) is 17.8 Å². The number of rotatable bonds is 4. The lowest BCUT2D eigenvalue weighted by Crippen LogP contribution is -2.30. The van der Waals surface area contributed by atoms with E-state index in [0.29, 0.717) is 0 Å². The molecular formula is C14H13F2NO2S. The van der Waals surface area contributed by atoms with Crippen LogP contribution in [-0.2, 0) is 16.6 Å². The Labute approximate surface area is 116 Å². The Morgan fingerprint density at radius 2 is 1.50 bits per heavy atom. The summed E-state index contributed by atoms with van der Waals surface area (Å²) in [6.07, 6.45) is 0.959. The average Bonchev–Trinajstić information content (AvgIpc) is 2.38. The second-order valence-electron chi connectivity index (χ2n) is 4.31. The van der Waals surface area contributed by atoms with Gasteiger partial charge in [0.2, 0.25) is 10.0 Å². The molecular weight excluding hydrogens is 284 g/mol. The maximum Gasteiger partial charge on any atom is 0.232 e. The number of para-hydroxylation sites is 1. The third-order valence-electron chi connectivity index (χ3n) is 2.79. The average molecular weight is 297 g/mol. The third kappa shape index (κ3) is 3.14. The summed E-state index contributed by atoms with van der Waals surface area (Å²) < 4.78 is 51.9. The second-order valence-corrected chi connectivity index (χ2v) is 6.22. The van der Waals surface area contributed by atoms with Gasteiger partial charge in [-0.2, -0.15) is 0 Å². The van der Waals surface area contributed by atoms with Crippen LogP contribution in [0.3, 0.4) is 0 Å². The van der Waals surface area contributed by atoms with Crippen molar-refractivity contribution < 1.29 is 17.2 Å². The van der Waals surface area contributed by atoms with E-state index in [2.05, 4.69) is 0 Å². The molecule has 6 heteroatoms. The number of halogens is 2. The minimum absolute atomic E-state index is 0.0988. The molecule has 0 unspecified atom stereocenters. The van der Waals surface area contributed by atoms with E-state index in [1.165, 1.54) is 36.4 Å². The maximum atomic E-state index is 13.8. The lowest BCUT2D eigenvalue weighted by atomic mass is 10.2. The van der Waals surface area contributed by atoms with E-state index < -0.39 is 21.7 Å². The topological polar surface area (TPSA) is 37.4 Å². The predicted molar refractivity (Wildman–Crippen MR) is 73.8 cm³/mol. The van der Waals surface area contributed by atoms with Gasteiger partial charge in [0.15, 0.2) is 0 Å². The van der Waals surface area contributed by atoms with Gasteiger partial charge < -0.3 is 0 Å². The molecule has 0 aliphatic heterocycles. The Morgan fingerprint density at radius 1 is 0.950 bits per heavy atom. The van der Waals surface area contributed by atoms with Gasteiger partial charge in [0, 0.05) is 5.56 Å². The van der Waals surface area contributed by atoms with Gasteiger partial charge >= 0.3 is 0 Å². The number of anilines is 1. The summed E-state index contributed by atoms with van der Waals surface area (Å²) in [6.45, 7) is -0.258. The van der Waals surface area contributed by atoms with Gasteiger partial charge in [-0.3, -0.25) is 4.31 Å². The first-order valence-electron chi connectivity index (χ1n) is 5.85. The van der Waals surface area contributed by atoms with Crippen LogP contribution in [0.1, 0.15) is 5.56 Å². The zero-order valence-electron chi connectivity index (χ0n) is 10.8. The van der Waals surface area contributed by atoms with Crippen molar-refractivity contribution in [2.75, 3.05) is 10.6 Å². The molecule has 3 nitrogen and oxygen atoms in total. The molecule has 2 rings (SSSR count). The highest BCUT2D eigenvalue weighted by Crippen LogP contribution is 2.24. The van der Waals surface area contributed by atoms with Gasteiger partial charge in [-0.25, -0.2) is 17.2 Å². The number of hydrogen-bond acceptors (Lipinski definition) is 2. The van der Waals surface area contributed by atoms with Crippen LogP contribution in [0.2, 0.25) is 0 Å². The van der Waals surface area contributed by atoms with Gasteiger partial charge in [-0.1, -0.05) is 30.3 Å². The van der Waals surface area contributed by atoms with Gasteiger partial charge in [-0.05, 0) is 18.2 Å². The smallest absolute Gasteiger partial charge is 0.232 e. The Kier molecular flexibility index (Phi) is 4.04. The van der Waals surface area contributed by atoms with Crippen LogP contribution < -0.4 is 4.31 Å². The van der Waals surface area contributed by atoms with Crippen LogP contribution in [0, 0.1) is 11.6 Å². The van der Waals surface area contributed by atoms with Gasteiger partial charge in [0.05, 0.1) is 18.5 Å². The summed E-state index contributed by atoms with van der Waals surface area (Å²) in [5, 5.41) is 0. The molecule has 0 saturated carbocycles. The number of hydrogen-bond donors (Lipinski definition) is 0. The molecule has 2 aromatic carbocycles. The van der Waals surface area contributed by atoms with Crippen LogP contribution >= 0.6 is 0 Å². The summed E-state index contributed by atoms with van der Waals surface area (Å²) in [5.74, 6) is -1.20. The van der Waals surface area contributed by atoms with Crippen molar-refractivity contribution in [3.63, 3.8) is 0 Å². The maximum absolute atomic E-state index is 13.8. The molecule has 0 aliphatic rings. The molecule has 0 heterocycles. The van der Waals surface area contributed by atoms with Crippen molar-refractivity contribution in [3.8, 4) is 0 Å². The summed E-state index contributed by atoms with van der Waals surface area (Å²) in [6, 6.07) is 11.3. The first-order valence-corrected chi connectivity index (χ1v) is 7.70. The van der Waals surface area contributed by atoms with Crippen LogP contribution in [0.15, 0.2) is 48.5 Å². The fourth-order valence-corrected chi connectivity index (χ4v) is 2.70. The molecule has 0 aliphatic carbocycles. The van der Waals surface area contributed by atoms with Crippen LogP contribution in [0.5, 0.6) is 0 Å². The van der Waals surface area contributed by atoms with Crippen LogP contribution in [0.25, 0.3) is 0 Å². The third-order valence-corrected chi connectivity index (χ3v) is 3.92. The highest BCUT2D eigenvalue weighted by molar-refractivity contribution is 7.92. The van der Waals surface area contributed by atoms with Gasteiger partial charge in [-0.15, -0.1) is 0 Å². The molecule has 0 radical (unpaired) electrons. The lowest BCUT2D eigenvalue weighted by molar-refractivity contribution is 0.583. The predicted octanol–water partition coefficient (Wildman–Crippen LogP) is 2.93. The van der Waals surface area contributed by atoms with E-state index >= 15 is 0 Å². The summed E-state index contributed by atoms with van der Waals surface area (Å²) in [5.41, 5.74) is 0.0828. The standard InChI is InChI=1S/C14H13F2NO2S/c1-20(18,19)17(14-9-5-4-8-13(14)16)10-11-6-2-3-7-12(11)15/h2-9H,10H2,1H3. The van der Waals surface area contributed by atoms with E-state index in [4.69, 9.17) is 0 Å². The molecule has 0 saturated heterocycles. The zero-order valence-corrected chi connectivity index (χ0v) is 11.6. The molecule has 0 N–H and O–H groups in total. The fourth-order valence-electron chi connectivity index (χ4n) is 1.82. The molecule has 0 atom stereocenters. The van der Waals surface area contributed by atoms with Crippen LogP contribution in [0.4, 0.5) is 14.5 Å². The molecule has 0 aromatic heterocycles. The first kappa shape index (κ1) is 14.5. The minimum Gasteiger partial charge on any atom is -0.263 e. The van der Waals surface area contributed by atoms with Crippen molar-refractivity contribution >= 4 is 15.7 Å². The minimum atomic E-state index is -3.73. The van der Waals surface area contributed by atoms with Crippen molar-refractivity contribution in [2.24, 2.45) is 0 Å². The van der Waals surface area contributed by atoms with E-state index in [0.717, 1.165) is 16.6 Å². The first-order chi connectivity index (χ1) is 9.39. The van der Waals surface area contributed by atoms with Crippen molar-refractivity contribution in [1.82, 2.24) is 0 Å². The molecule has 0 spiro atoms. The number of nitrogens with zero attached hydrogens (tertiary/aromatic N) is 1. The largest absolute Gasteiger partial charge is 0.263 e. The molecule has 106 valence electrons. The molecule has 0 fully saturated rings. The summed E-state index contributed by atoms with van der Waals surface area (Å²) in [7, 11) is -3.73. The highest BCUT2D eigenvalue weighted by atomic mass is 32.2. The second kappa shape index (κ2) is 5.58. The number of sulfonamides is 1. The molecule has 0 bridgehead atoms. The quantitative estimate of drug-likeness (QED) is 0.870. The van der Waals surface area contributed by atoms with Gasteiger partial charge in [0.25, 0.3) is 0 Å². The molecule has 2 aromatic rings. The van der Waals surface area contributed by atoms with Crippen molar-refractivity contribution in [3.05, 3.63) is 65.7 Å². The summed E-state index contributed by atoms with van der Waals surface area (Å²) in [4.78, 5) is 0. The Balaban J connectivity index is 2.46.